The molecule has 2 heterocycles. The van der Waals surface area contributed by atoms with Gasteiger partial charge in [0.15, 0.2) is 11.5 Å². The van der Waals surface area contributed by atoms with Crippen LogP contribution in [0.3, 0.4) is 0 Å². The number of carbonyl (C=O) groups is 1. The van der Waals surface area contributed by atoms with Crippen LogP contribution in [0.25, 0.3) is 0 Å². The van der Waals surface area contributed by atoms with Crippen LogP contribution in [0.2, 0.25) is 0 Å². The Kier molecular flexibility index (Phi) is 5.50. The average Bonchev–Trinajstić information content (AvgIpc) is 2.54. The molecule has 112 valence electrons. The van der Waals surface area contributed by atoms with Gasteiger partial charge in [-0.2, -0.15) is 5.26 Å². The molecule has 21 heavy (non-hydrogen) atoms. The van der Waals surface area contributed by atoms with Crippen molar-refractivity contribution in [1.29, 1.82) is 5.26 Å². The summed E-state index contributed by atoms with van der Waals surface area (Å²) in [6, 6.07) is 2.09. The first-order valence-corrected chi connectivity index (χ1v) is 7.47. The highest BCUT2D eigenvalue weighted by Gasteiger charge is 2.22. The SMILES string of the molecule is CCCC(=O)NCC1CCN(c2nccnc2C#N)CC1. The predicted molar refractivity (Wildman–Crippen MR) is 79.6 cm³/mol. The zero-order chi connectivity index (χ0) is 15.1. The van der Waals surface area contributed by atoms with Gasteiger partial charge in [-0.15, -0.1) is 0 Å². The third kappa shape index (κ3) is 4.15. The molecular weight excluding hydrogens is 266 g/mol. The quantitative estimate of drug-likeness (QED) is 0.887. The molecule has 6 nitrogen and oxygen atoms in total. The molecule has 1 amide bonds. The Labute approximate surface area is 125 Å². The lowest BCUT2D eigenvalue weighted by molar-refractivity contribution is -0.121. The van der Waals surface area contributed by atoms with Crippen molar-refractivity contribution in [3.05, 3.63) is 18.1 Å². The number of carbonyl (C=O) groups excluding carboxylic acids is 1. The minimum atomic E-state index is 0.139. The molecule has 6 heteroatoms. The van der Waals surface area contributed by atoms with Crippen LogP contribution in [-0.4, -0.2) is 35.5 Å². The summed E-state index contributed by atoms with van der Waals surface area (Å²) in [5.74, 6) is 1.32. The second kappa shape index (κ2) is 7.58. The van der Waals surface area contributed by atoms with Gasteiger partial charge in [0, 0.05) is 38.4 Å². The summed E-state index contributed by atoms with van der Waals surface area (Å²) < 4.78 is 0. The highest BCUT2D eigenvalue weighted by atomic mass is 16.1. The smallest absolute Gasteiger partial charge is 0.219 e. The Balaban J connectivity index is 1.83. The molecule has 0 atom stereocenters. The number of rotatable bonds is 5. The average molecular weight is 287 g/mol. The number of nitriles is 1. The van der Waals surface area contributed by atoms with E-state index in [2.05, 4.69) is 26.3 Å². The van der Waals surface area contributed by atoms with Crippen LogP contribution in [0.4, 0.5) is 5.82 Å². The van der Waals surface area contributed by atoms with E-state index in [1.54, 1.807) is 6.20 Å². The number of aromatic nitrogens is 2. The standard InChI is InChI=1S/C15H21N5O/c1-2-3-14(21)19-11-12-4-8-20(9-5-12)15-13(10-16)17-6-7-18-15/h6-7,12H,2-5,8-9,11H2,1H3,(H,19,21). The van der Waals surface area contributed by atoms with Gasteiger partial charge in [0.25, 0.3) is 0 Å². The molecule has 2 rings (SSSR count). The number of nitrogens with one attached hydrogen (secondary N) is 1. The summed E-state index contributed by atoms with van der Waals surface area (Å²) in [6.45, 7) is 4.45. The molecule has 0 spiro atoms. The lowest BCUT2D eigenvalue weighted by Gasteiger charge is -2.32. The van der Waals surface area contributed by atoms with E-state index in [0.717, 1.165) is 38.9 Å². The Morgan fingerprint density at radius 1 is 1.43 bits per heavy atom. The third-order valence-electron chi connectivity index (χ3n) is 3.76. The van der Waals surface area contributed by atoms with Crippen molar-refractivity contribution in [1.82, 2.24) is 15.3 Å². The molecule has 1 aromatic rings. The van der Waals surface area contributed by atoms with Gasteiger partial charge in [-0.05, 0) is 25.2 Å². The largest absolute Gasteiger partial charge is 0.356 e. The first kappa shape index (κ1) is 15.2. The van der Waals surface area contributed by atoms with E-state index in [0.29, 0.717) is 23.9 Å². The molecule has 1 aliphatic rings. The lowest BCUT2D eigenvalue weighted by Crippen LogP contribution is -2.39. The van der Waals surface area contributed by atoms with Crippen molar-refractivity contribution >= 4 is 11.7 Å². The van der Waals surface area contributed by atoms with Crippen molar-refractivity contribution in [2.45, 2.75) is 32.6 Å². The van der Waals surface area contributed by atoms with Crippen molar-refractivity contribution in [3.63, 3.8) is 0 Å². The molecule has 0 aromatic carbocycles. The van der Waals surface area contributed by atoms with Gasteiger partial charge >= 0.3 is 0 Å². The van der Waals surface area contributed by atoms with E-state index in [-0.39, 0.29) is 5.91 Å². The number of anilines is 1. The third-order valence-corrected chi connectivity index (χ3v) is 3.76. The Morgan fingerprint density at radius 3 is 2.81 bits per heavy atom. The van der Waals surface area contributed by atoms with Crippen molar-refractivity contribution < 1.29 is 4.79 Å². The zero-order valence-electron chi connectivity index (χ0n) is 12.4. The second-order valence-electron chi connectivity index (χ2n) is 5.32. The molecule has 1 aromatic heterocycles. The molecule has 1 N–H and O–H groups in total. The monoisotopic (exact) mass is 287 g/mol. The molecule has 0 bridgehead atoms. The fraction of sp³-hybridized carbons (Fsp3) is 0.600. The first-order chi connectivity index (χ1) is 10.2. The number of amides is 1. The Bertz CT molecular complexity index is 517. The van der Waals surface area contributed by atoms with Gasteiger partial charge in [0.2, 0.25) is 5.91 Å². The fourth-order valence-electron chi connectivity index (χ4n) is 2.56. The van der Waals surface area contributed by atoms with Gasteiger partial charge in [-0.25, -0.2) is 9.97 Å². The van der Waals surface area contributed by atoms with Crippen LogP contribution in [0.1, 0.15) is 38.3 Å². The van der Waals surface area contributed by atoms with Crippen molar-refractivity contribution in [3.8, 4) is 6.07 Å². The van der Waals surface area contributed by atoms with Gasteiger partial charge in [0.1, 0.15) is 6.07 Å². The van der Waals surface area contributed by atoms with E-state index >= 15 is 0 Å². The normalized spacial score (nSPS) is 15.5. The maximum Gasteiger partial charge on any atom is 0.219 e. The summed E-state index contributed by atoms with van der Waals surface area (Å²) in [5, 5.41) is 12.1. The number of piperidine rings is 1. The van der Waals surface area contributed by atoms with E-state index in [1.807, 2.05) is 6.92 Å². The molecule has 1 aliphatic heterocycles. The molecule has 0 aliphatic carbocycles. The Hall–Kier alpha value is -2.16. The summed E-state index contributed by atoms with van der Waals surface area (Å²) in [7, 11) is 0. The summed E-state index contributed by atoms with van der Waals surface area (Å²) >= 11 is 0. The number of hydrogen-bond donors (Lipinski definition) is 1. The topological polar surface area (TPSA) is 81.9 Å². The van der Waals surface area contributed by atoms with Crippen LogP contribution in [-0.2, 0) is 4.79 Å². The second-order valence-corrected chi connectivity index (χ2v) is 5.32. The highest BCUT2D eigenvalue weighted by molar-refractivity contribution is 5.75. The minimum Gasteiger partial charge on any atom is -0.356 e. The highest BCUT2D eigenvalue weighted by Crippen LogP contribution is 2.22. The van der Waals surface area contributed by atoms with Crippen LogP contribution in [0.15, 0.2) is 12.4 Å². The maximum absolute atomic E-state index is 11.5. The minimum absolute atomic E-state index is 0.139. The molecule has 1 saturated heterocycles. The van der Waals surface area contributed by atoms with Crippen molar-refractivity contribution in [2.75, 3.05) is 24.5 Å². The van der Waals surface area contributed by atoms with Crippen LogP contribution in [0.5, 0.6) is 0 Å². The van der Waals surface area contributed by atoms with Crippen LogP contribution in [0, 0.1) is 17.2 Å². The zero-order valence-corrected chi connectivity index (χ0v) is 12.4. The first-order valence-electron chi connectivity index (χ1n) is 7.47. The molecule has 1 fully saturated rings. The summed E-state index contributed by atoms with van der Waals surface area (Å²) in [4.78, 5) is 21.9. The van der Waals surface area contributed by atoms with E-state index in [9.17, 15) is 4.79 Å². The number of nitrogens with zero attached hydrogens (tertiary/aromatic N) is 4. The van der Waals surface area contributed by atoms with Gasteiger partial charge in [-0.3, -0.25) is 4.79 Å². The van der Waals surface area contributed by atoms with E-state index in [4.69, 9.17) is 5.26 Å². The van der Waals surface area contributed by atoms with Crippen LogP contribution < -0.4 is 10.2 Å². The van der Waals surface area contributed by atoms with Gasteiger partial charge in [-0.1, -0.05) is 6.92 Å². The van der Waals surface area contributed by atoms with Gasteiger partial charge < -0.3 is 10.2 Å². The summed E-state index contributed by atoms with van der Waals surface area (Å²) in [5.41, 5.74) is 0.382. The van der Waals surface area contributed by atoms with Crippen LogP contribution >= 0.6 is 0 Å². The van der Waals surface area contributed by atoms with E-state index < -0.39 is 0 Å². The fourth-order valence-corrected chi connectivity index (χ4v) is 2.56. The lowest BCUT2D eigenvalue weighted by atomic mass is 9.96. The molecule has 0 saturated carbocycles. The molecular formula is C15H21N5O. The molecule has 0 radical (unpaired) electrons. The van der Waals surface area contributed by atoms with E-state index in [1.165, 1.54) is 6.20 Å². The van der Waals surface area contributed by atoms with Gasteiger partial charge in [0.05, 0.1) is 0 Å². The maximum atomic E-state index is 11.5. The summed E-state index contributed by atoms with van der Waals surface area (Å²) in [6.07, 6.45) is 6.63. The predicted octanol–water partition coefficient (Wildman–Crippen LogP) is 1.48. The van der Waals surface area contributed by atoms with Crippen molar-refractivity contribution in [2.24, 2.45) is 5.92 Å². The number of hydrogen-bond acceptors (Lipinski definition) is 5. The molecule has 0 unspecified atom stereocenters. The Morgan fingerprint density at radius 2 is 2.14 bits per heavy atom.